The lowest BCUT2D eigenvalue weighted by atomic mass is 10.0. The molecule has 0 saturated carbocycles. The van der Waals surface area contributed by atoms with Gasteiger partial charge < -0.3 is 0 Å². The van der Waals surface area contributed by atoms with Crippen LogP contribution in [0.5, 0.6) is 0 Å². The minimum absolute atomic E-state index is 0.165. The fourth-order valence-electron chi connectivity index (χ4n) is 1.41. The van der Waals surface area contributed by atoms with Crippen LogP contribution in [0.25, 0.3) is 6.08 Å². The number of hydrogen-bond acceptors (Lipinski definition) is 3. The van der Waals surface area contributed by atoms with Crippen molar-refractivity contribution in [2.24, 2.45) is 0 Å². The molecule has 0 saturated heterocycles. The monoisotopic (exact) mass is 239 g/mol. The Morgan fingerprint density at radius 2 is 1.94 bits per heavy atom. The third-order valence-electron chi connectivity index (χ3n) is 2.23. The smallest absolute Gasteiger partial charge is 0.203 e. The van der Waals surface area contributed by atoms with Crippen molar-refractivity contribution in [2.75, 3.05) is 0 Å². The number of rotatable bonds is 3. The zero-order valence-electron chi connectivity index (χ0n) is 8.96. The van der Waals surface area contributed by atoms with E-state index < -0.39 is 0 Å². The Labute approximate surface area is 103 Å². The van der Waals surface area contributed by atoms with Gasteiger partial charge in [-0.15, -0.1) is 11.3 Å². The maximum atomic E-state index is 12.0. The van der Waals surface area contributed by atoms with Crippen molar-refractivity contribution in [1.82, 2.24) is 0 Å². The minimum atomic E-state index is -0.235. The van der Waals surface area contributed by atoms with Crippen LogP contribution in [0, 0.1) is 11.3 Å². The third kappa shape index (κ3) is 2.68. The third-order valence-corrected chi connectivity index (χ3v) is 3.05. The molecule has 3 heteroatoms. The zero-order chi connectivity index (χ0) is 12.1. The first-order valence-electron chi connectivity index (χ1n) is 5.06. The molecule has 1 aromatic heterocycles. The molecule has 1 heterocycles. The predicted octanol–water partition coefficient (Wildman–Crippen LogP) is 3.54. The van der Waals surface area contributed by atoms with Crippen molar-refractivity contribution in [3.63, 3.8) is 0 Å². The second-order valence-corrected chi connectivity index (χ2v) is 4.36. The van der Waals surface area contributed by atoms with Crippen LogP contribution < -0.4 is 0 Å². The Hall–Kier alpha value is -2.18. The van der Waals surface area contributed by atoms with Crippen LogP contribution in [0.3, 0.4) is 0 Å². The Bertz CT molecular complexity index is 576. The van der Waals surface area contributed by atoms with Crippen LogP contribution in [0.1, 0.15) is 15.2 Å². The van der Waals surface area contributed by atoms with Gasteiger partial charge in [0.15, 0.2) is 0 Å². The summed E-state index contributed by atoms with van der Waals surface area (Å²) in [6.45, 7) is 0. The summed E-state index contributed by atoms with van der Waals surface area (Å²) in [5.41, 5.74) is 0.704. The van der Waals surface area contributed by atoms with E-state index in [1.165, 1.54) is 11.3 Å². The van der Waals surface area contributed by atoms with Gasteiger partial charge in [0, 0.05) is 10.4 Å². The molecule has 0 aliphatic heterocycles. The lowest BCUT2D eigenvalue weighted by molar-refractivity contribution is 0.104. The normalized spacial score (nSPS) is 10.9. The van der Waals surface area contributed by atoms with Gasteiger partial charge in [0.25, 0.3) is 0 Å². The van der Waals surface area contributed by atoms with E-state index in [0.29, 0.717) is 5.56 Å². The number of Topliss-reactive ketones (excluding diaryl/α,β-unsaturated/α-hetero) is 1. The highest BCUT2D eigenvalue weighted by Gasteiger charge is 2.11. The van der Waals surface area contributed by atoms with E-state index in [-0.39, 0.29) is 11.4 Å². The first kappa shape index (κ1) is 11.3. The van der Waals surface area contributed by atoms with Crippen LogP contribution in [0.15, 0.2) is 53.4 Å². The molecule has 0 fully saturated rings. The van der Waals surface area contributed by atoms with Gasteiger partial charge in [-0.05, 0) is 17.5 Å². The minimum Gasteiger partial charge on any atom is -0.288 e. The average Bonchev–Trinajstić information content (AvgIpc) is 2.89. The molecule has 2 rings (SSSR count). The highest BCUT2D eigenvalue weighted by atomic mass is 32.1. The second-order valence-electron chi connectivity index (χ2n) is 3.38. The molecule has 0 bridgehead atoms. The maximum absolute atomic E-state index is 12.0. The molecular weight excluding hydrogens is 230 g/mol. The number of carbonyl (C=O) groups excluding carboxylic acids is 1. The molecular formula is C14H9NOS. The standard InChI is InChI=1S/C14H9NOS/c15-10-12(9-13-7-4-8-17-13)14(16)11-5-2-1-3-6-11/h1-9H/b12-9+. The fraction of sp³-hybridized carbons (Fsp3) is 0. The quantitative estimate of drug-likeness (QED) is 0.467. The molecule has 0 spiro atoms. The molecule has 0 unspecified atom stereocenters. The summed E-state index contributed by atoms with van der Waals surface area (Å²) >= 11 is 1.50. The van der Waals surface area contributed by atoms with Crippen molar-refractivity contribution in [1.29, 1.82) is 5.26 Å². The van der Waals surface area contributed by atoms with Crippen LogP contribution in [0.4, 0.5) is 0 Å². The van der Waals surface area contributed by atoms with Crippen LogP contribution in [-0.4, -0.2) is 5.78 Å². The molecule has 82 valence electrons. The average molecular weight is 239 g/mol. The molecule has 17 heavy (non-hydrogen) atoms. The molecule has 2 aromatic rings. The van der Waals surface area contributed by atoms with Crippen LogP contribution in [-0.2, 0) is 0 Å². The van der Waals surface area contributed by atoms with Crippen molar-refractivity contribution in [3.05, 3.63) is 63.9 Å². The number of hydrogen-bond donors (Lipinski definition) is 0. The predicted molar refractivity (Wildman–Crippen MR) is 68.7 cm³/mol. The second kappa shape index (κ2) is 5.24. The van der Waals surface area contributed by atoms with E-state index in [1.54, 1.807) is 30.3 Å². The lowest BCUT2D eigenvalue weighted by Crippen LogP contribution is -2.01. The summed E-state index contributed by atoms with van der Waals surface area (Å²) in [5.74, 6) is -0.235. The summed E-state index contributed by atoms with van der Waals surface area (Å²) in [6, 6.07) is 14.5. The van der Waals surface area contributed by atoms with Gasteiger partial charge in [0.1, 0.15) is 11.6 Å². The molecule has 0 N–H and O–H groups in total. The Morgan fingerprint density at radius 1 is 1.18 bits per heavy atom. The van der Waals surface area contributed by atoms with Gasteiger partial charge in [-0.2, -0.15) is 5.26 Å². The molecule has 0 aliphatic carbocycles. The fourth-order valence-corrected chi connectivity index (χ4v) is 2.07. The summed E-state index contributed by atoms with van der Waals surface area (Å²) < 4.78 is 0. The molecule has 2 nitrogen and oxygen atoms in total. The first-order chi connectivity index (χ1) is 8.31. The Morgan fingerprint density at radius 3 is 2.53 bits per heavy atom. The van der Waals surface area contributed by atoms with Gasteiger partial charge >= 0.3 is 0 Å². The number of benzene rings is 1. The summed E-state index contributed by atoms with van der Waals surface area (Å²) in [5, 5.41) is 10.9. The van der Waals surface area contributed by atoms with Crippen molar-refractivity contribution in [2.45, 2.75) is 0 Å². The Balaban J connectivity index is 2.33. The SMILES string of the molecule is N#C/C(=C\c1cccs1)C(=O)c1ccccc1. The molecule has 0 atom stereocenters. The maximum Gasteiger partial charge on any atom is 0.203 e. The molecule has 0 aliphatic rings. The Kier molecular flexibility index (Phi) is 3.49. The van der Waals surface area contributed by atoms with Gasteiger partial charge in [-0.25, -0.2) is 0 Å². The van der Waals surface area contributed by atoms with Crippen LogP contribution >= 0.6 is 11.3 Å². The van der Waals surface area contributed by atoms with Crippen molar-refractivity contribution < 1.29 is 4.79 Å². The summed E-state index contributed by atoms with van der Waals surface area (Å²) in [7, 11) is 0. The summed E-state index contributed by atoms with van der Waals surface area (Å²) in [4.78, 5) is 12.9. The lowest BCUT2D eigenvalue weighted by Gasteiger charge is -1.97. The van der Waals surface area contributed by atoms with Crippen molar-refractivity contribution in [3.8, 4) is 6.07 Å². The topological polar surface area (TPSA) is 40.9 Å². The first-order valence-corrected chi connectivity index (χ1v) is 5.94. The highest BCUT2D eigenvalue weighted by Crippen LogP contribution is 2.16. The number of thiophene rings is 1. The number of nitrogens with zero attached hydrogens (tertiary/aromatic N) is 1. The van der Waals surface area contributed by atoms with E-state index in [1.807, 2.05) is 29.6 Å². The number of carbonyl (C=O) groups is 1. The van der Waals surface area contributed by atoms with E-state index in [0.717, 1.165) is 4.88 Å². The van der Waals surface area contributed by atoms with Gasteiger partial charge in [0.2, 0.25) is 5.78 Å². The van der Waals surface area contributed by atoms with E-state index in [2.05, 4.69) is 0 Å². The number of allylic oxidation sites excluding steroid dienone is 1. The van der Waals surface area contributed by atoms with Crippen LogP contribution in [0.2, 0.25) is 0 Å². The summed E-state index contributed by atoms with van der Waals surface area (Å²) in [6.07, 6.45) is 1.62. The largest absolute Gasteiger partial charge is 0.288 e. The molecule has 0 amide bonds. The van der Waals surface area contributed by atoms with E-state index >= 15 is 0 Å². The van der Waals surface area contributed by atoms with E-state index in [9.17, 15) is 4.79 Å². The zero-order valence-corrected chi connectivity index (χ0v) is 9.78. The molecule has 0 radical (unpaired) electrons. The van der Waals surface area contributed by atoms with Gasteiger partial charge in [-0.3, -0.25) is 4.79 Å². The van der Waals surface area contributed by atoms with Gasteiger partial charge in [-0.1, -0.05) is 36.4 Å². The van der Waals surface area contributed by atoms with E-state index in [4.69, 9.17) is 5.26 Å². The number of ketones is 1. The highest BCUT2D eigenvalue weighted by molar-refractivity contribution is 7.10. The number of nitriles is 1. The molecule has 1 aromatic carbocycles. The van der Waals surface area contributed by atoms with Gasteiger partial charge in [0.05, 0.1) is 0 Å². The van der Waals surface area contributed by atoms with Crippen molar-refractivity contribution >= 4 is 23.2 Å².